The highest BCUT2D eigenvalue weighted by molar-refractivity contribution is 7.93. The molecule has 3 aromatic rings. The number of halogens is 2. The van der Waals surface area contributed by atoms with Crippen molar-refractivity contribution in [2.45, 2.75) is 11.4 Å². The molecule has 3 aromatic carbocycles. The minimum absolute atomic E-state index is 0. The molecular weight excluding hydrogens is 501 g/mol. The van der Waals surface area contributed by atoms with Crippen LogP contribution in [-0.4, -0.2) is 64.7 Å². The van der Waals surface area contributed by atoms with Crippen molar-refractivity contribution in [3.05, 3.63) is 66.2 Å². The highest BCUT2D eigenvalue weighted by Gasteiger charge is 2.19. The third-order valence-corrected chi connectivity index (χ3v) is 6.79. The molecule has 0 amide bonds. The summed E-state index contributed by atoms with van der Waals surface area (Å²) < 4.78 is 34.4. The van der Waals surface area contributed by atoms with Crippen molar-refractivity contribution in [3.8, 4) is 0 Å². The molecule has 8 nitrogen and oxygen atoms in total. The monoisotopic (exact) mass is 533 g/mol. The molecule has 34 heavy (non-hydrogen) atoms. The van der Waals surface area contributed by atoms with Crippen LogP contribution in [0.25, 0.3) is 10.8 Å². The van der Waals surface area contributed by atoms with E-state index in [1.54, 1.807) is 12.1 Å². The zero-order valence-corrected chi connectivity index (χ0v) is 21.6. The second-order valence-electron chi connectivity index (χ2n) is 7.71. The normalized spacial score (nSPS) is 13.5. The Morgan fingerprint density at radius 1 is 0.882 bits per heavy atom. The first-order chi connectivity index (χ1) is 14.4. The quantitative estimate of drug-likeness (QED) is 0.521. The van der Waals surface area contributed by atoms with Gasteiger partial charge in [-0.2, -0.15) is 0 Å². The molecule has 5 N–H and O–H groups in total. The predicted octanol–water partition coefficient (Wildman–Crippen LogP) is 2.73. The summed E-state index contributed by atoms with van der Waals surface area (Å²) >= 11 is 0. The number of hydrogen-bond donors (Lipinski definition) is 1. The van der Waals surface area contributed by atoms with E-state index >= 15 is 0 Å². The highest BCUT2D eigenvalue weighted by Crippen LogP contribution is 2.31. The van der Waals surface area contributed by atoms with Gasteiger partial charge < -0.3 is 20.6 Å². The van der Waals surface area contributed by atoms with Crippen LogP contribution in [0.5, 0.6) is 0 Å². The minimum Gasteiger partial charge on any atom is -0.412 e. The third kappa shape index (κ3) is 7.19. The molecule has 0 aliphatic carbocycles. The van der Waals surface area contributed by atoms with E-state index < -0.39 is 10.0 Å². The van der Waals surface area contributed by atoms with Crippen LogP contribution in [0.4, 0.5) is 11.4 Å². The lowest BCUT2D eigenvalue weighted by Gasteiger charge is -2.26. The van der Waals surface area contributed by atoms with E-state index in [2.05, 4.69) is 9.62 Å². The number of hydrogen-bond acceptors (Lipinski definition) is 5. The number of nitrogens with one attached hydrogen (secondary N) is 1. The van der Waals surface area contributed by atoms with Gasteiger partial charge in [-0.15, -0.1) is 24.8 Å². The van der Waals surface area contributed by atoms with Crippen molar-refractivity contribution < 1.29 is 24.1 Å². The topological polar surface area (TPSA) is 125 Å². The van der Waals surface area contributed by atoms with Crippen molar-refractivity contribution in [2.24, 2.45) is 0 Å². The van der Waals surface area contributed by atoms with E-state index in [1.807, 2.05) is 67.5 Å². The second kappa shape index (κ2) is 13.7. The maximum absolute atomic E-state index is 13.2. The summed E-state index contributed by atoms with van der Waals surface area (Å²) in [6.45, 7) is 4.21. The molecule has 0 atom stereocenters. The summed E-state index contributed by atoms with van der Waals surface area (Å²) in [5, 5.41) is 1.62. The summed E-state index contributed by atoms with van der Waals surface area (Å²) in [5.74, 6) is 0. The molecule has 1 aliphatic rings. The minimum atomic E-state index is -3.72. The van der Waals surface area contributed by atoms with Gasteiger partial charge in [0.25, 0.3) is 10.0 Å². The average molecular weight is 535 g/mol. The Labute approximate surface area is 213 Å². The van der Waals surface area contributed by atoms with Crippen LogP contribution in [0.1, 0.15) is 5.56 Å². The van der Waals surface area contributed by atoms with E-state index in [0.717, 1.165) is 49.5 Å². The van der Waals surface area contributed by atoms with Crippen LogP contribution in [0.2, 0.25) is 0 Å². The van der Waals surface area contributed by atoms with Gasteiger partial charge in [-0.3, -0.25) is 9.62 Å². The summed E-state index contributed by atoms with van der Waals surface area (Å²) in [5.41, 5.74) is 2.69. The van der Waals surface area contributed by atoms with Gasteiger partial charge in [-0.05, 0) is 29.8 Å². The van der Waals surface area contributed by atoms with Crippen LogP contribution in [-0.2, 0) is 21.3 Å². The molecule has 0 spiro atoms. The average Bonchev–Trinajstić information content (AvgIpc) is 2.74. The maximum Gasteiger partial charge on any atom is 0.262 e. The molecule has 0 unspecified atom stereocenters. The van der Waals surface area contributed by atoms with E-state index in [4.69, 9.17) is 4.74 Å². The van der Waals surface area contributed by atoms with E-state index in [9.17, 15) is 8.42 Å². The first-order valence-corrected chi connectivity index (χ1v) is 11.5. The Bertz CT molecular complexity index is 1140. The molecule has 1 aliphatic heterocycles. The summed E-state index contributed by atoms with van der Waals surface area (Å²) in [6.07, 6.45) is 0. The number of benzene rings is 3. The smallest absolute Gasteiger partial charge is 0.262 e. The first kappa shape index (κ1) is 31.9. The predicted molar refractivity (Wildman–Crippen MR) is 143 cm³/mol. The molecular formula is C23H33Cl2N3O5S. The number of nitrogens with zero attached hydrogens (tertiary/aromatic N) is 2. The van der Waals surface area contributed by atoms with Crippen molar-refractivity contribution in [1.82, 2.24) is 4.90 Å². The molecule has 190 valence electrons. The lowest BCUT2D eigenvalue weighted by Crippen LogP contribution is -2.35. The van der Waals surface area contributed by atoms with Crippen LogP contribution in [0, 0.1) is 0 Å². The number of sulfonamides is 1. The number of anilines is 2. The van der Waals surface area contributed by atoms with Crippen molar-refractivity contribution in [1.29, 1.82) is 0 Å². The molecule has 11 heteroatoms. The molecule has 0 saturated carbocycles. The zero-order valence-electron chi connectivity index (χ0n) is 19.2. The first-order valence-electron chi connectivity index (χ1n) is 10.0. The van der Waals surface area contributed by atoms with E-state index in [-0.39, 0.29) is 40.7 Å². The third-order valence-electron chi connectivity index (χ3n) is 5.35. The fourth-order valence-electron chi connectivity index (χ4n) is 3.79. The molecule has 4 rings (SSSR count). The SMILES string of the molecule is CN(C)c1cccc2c(S(=O)(=O)Nc3ccc(CN4CCOCC4)cc3)cccc12.Cl.Cl.O.O. The van der Waals surface area contributed by atoms with Crippen LogP contribution < -0.4 is 9.62 Å². The molecule has 0 bridgehead atoms. The van der Waals surface area contributed by atoms with Gasteiger partial charge in [0.15, 0.2) is 0 Å². The van der Waals surface area contributed by atoms with Crippen LogP contribution in [0.15, 0.2) is 65.6 Å². The lowest BCUT2D eigenvalue weighted by molar-refractivity contribution is 0.0342. The zero-order chi connectivity index (χ0) is 21.1. The summed E-state index contributed by atoms with van der Waals surface area (Å²) in [6, 6.07) is 18.7. The van der Waals surface area contributed by atoms with E-state index in [1.165, 1.54) is 0 Å². The Morgan fingerprint density at radius 3 is 2.09 bits per heavy atom. The largest absolute Gasteiger partial charge is 0.412 e. The Morgan fingerprint density at radius 2 is 1.47 bits per heavy atom. The van der Waals surface area contributed by atoms with Gasteiger partial charge in [0.05, 0.1) is 18.1 Å². The van der Waals surface area contributed by atoms with Crippen molar-refractivity contribution >= 4 is 57.0 Å². The Balaban J connectivity index is 0.00000272. The number of ether oxygens (including phenoxy) is 1. The Hall–Kier alpha value is -2.11. The molecule has 0 aromatic heterocycles. The Kier molecular flexibility index (Phi) is 12.8. The fraction of sp³-hybridized carbons (Fsp3) is 0.304. The van der Waals surface area contributed by atoms with Crippen molar-refractivity contribution in [2.75, 3.05) is 50.0 Å². The number of fused-ring (bicyclic) bond motifs is 1. The van der Waals surface area contributed by atoms with Crippen LogP contribution >= 0.6 is 24.8 Å². The molecule has 1 saturated heterocycles. The van der Waals surface area contributed by atoms with E-state index in [0.29, 0.717) is 11.1 Å². The fourth-order valence-corrected chi connectivity index (χ4v) is 5.08. The summed E-state index contributed by atoms with van der Waals surface area (Å²) in [7, 11) is 0.184. The lowest BCUT2D eigenvalue weighted by atomic mass is 10.1. The number of morpholine rings is 1. The van der Waals surface area contributed by atoms with Crippen LogP contribution in [0.3, 0.4) is 0 Å². The maximum atomic E-state index is 13.2. The van der Waals surface area contributed by atoms with Gasteiger partial charge in [-0.25, -0.2) is 8.42 Å². The van der Waals surface area contributed by atoms with Gasteiger partial charge in [0.1, 0.15) is 0 Å². The second-order valence-corrected chi connectivity index (χ2v) is 9.36. The van der Waals surface area contributed by atoms with Gasteiger partial charge in [-0.1, -0.05) is 36.4 Å². The number of rotatable bonds is 6. The molecule has 1 fully saturated rings. The molecule has 1 heterocycles. The molecule has 0 radical (unpaired) electrons. The highest BCUT2D eigenvalue weighted by atomic mass is 35.5. The van der Waals surface area contributed by atoms with Gasteiger partial charge in [0.2, 0.25) is 0 Å². The van der Waals surface area contributed by atoms with Gasteiger partial charge >= 0.3 is 0 Å². The van der Waals surface area contributed by atoms with Crippen molar-refractivity contribution in [3.63, 3.8) is 0 Å². The van der Waals surface area contributed by atoms with Gasteiger partial charge in [0, 0.05) is 55.9 Å². The summed E-state index contributed by atoms with van der Waals surface area (Å²) in [4.78, 5) is 4.60. The standard InChI is InChI=1S/C23H27N3O3S.2ClH.2H2O/c1-25(2)22-7-3-6-21-20(22)5-4-8-23(21)30(27,28)24-19-11-9-18(10-12-19)17-26-13-15-29-16-14-26;;;;/h3-12,24H,13-17H2,1-2H3;2*1H;2*1H2.